The molecule has 3 aromatic rings. The summed E-state index contributed by atoms with van der Waals surface area (Å²) in [6.07, 6.45) is 5.00. The summed E-state index contributed by atoms with van der Waals surface area (Å²) in [5.41, 5.74) is 2.99. The number of hydrogen-bond donors (Lipinski definition) is 0. The fraction of sp³-hybridized carbons (Fsp3) is 0.188. The molecule has 4 nitrogen and oxygen atoms in total. The molecule has 4 rings (SSSR count). The van der Waals surface area contributed by atoms with E-state index in [-0.39, 0.29) is 5.82 Å². The first-order chi connectivity index (χ1) is 10.3. The van der Waals surface area contributed by atoms with Crippen molar-refractivity contribution < 1.29 is 4.39 Å². The van der Waals surface area contributed by atoms with E-state index >= 15 is 0 Å². The molecule has 5 heteroatoms. The molecule has 102 valence electrons. The Kier molecular flexibility index (Phi) is 2.51. The lowest BCUT2D eigenvalue weighted by Crippen LogP contribution is -1.98. The van der Waals surface area contributed by atoms with Crippen LogP contribution in [0.15, 0.2) is 36.7 Å². The molecule has 1 aliphatic rings. The Labute approximate surface area is 120 Å². The van der Waals surface area contributed by atoms with E-state index in [2.05, 4.69) is 20.6 Å². The Hall–Kier alpha value is -2.74. The highest BCUT2D eigenvalue weighted by molar-refractivity contribution is 5.82. The van der Waals surface area contributed by atoms with Gasteiger partial charge in [0.2, 0.25) is 0 Å². The fourth-order valence-corrected chi connectivity index (χ4v) is 2.61. The first-order valence-electron chi connectivity index (χ1n) is 6.79. The number of benzene rings is 1. The van der Waals surface area contributed by atoms with Crippen molar-refractivity contribution >= 4 is 11.0 Å². The molecule has 0 amide bonds. The van der Waals surface area contributed by atoms with Gasteiger partial charge in [-0.2, -0.15) is 5.26 Å². The third-order valence-corrected chi connectivity index (χ3v) is 3.69. The quantitative estimate of drug-likeness (QED) is 0.721. The molecule has 0 radical (unpaired) electrons. The van der Waals surface area contributed by atoms with E-state index in [1.807, 2.05) is 6.07 Å². The van der Waals surface area contributed by atoms with Gasteiger partial charge in [-0.3, -0.25) is 4.98 Å². The molecule has 0 saturated heterocycles. The SMILES string of the molecule is N#Cc1ccc2c(c1)nc(-c1cncc(F)c1)n2C1CC1. The van der Waals surface area contributed by atoms with Crippen LogP contribution in [0.25, 0.3) is 22.4 Å². The van der Waals surface area contributed by atoms with Crippen molar-refractivity contribution in [3.63, 3.8) is 0 Å². The molecule has 1 aromatic carbocycles. The molecule has 0 spiro atoms. The van der Waals surface area contributed by atoms with Crippen LogP contribution >= 0.6 is 0 Å². The van der Waals surface area contributed by atoms with Gasteiger partial charge in [0.25, 0.3) is 0 Å². The maximum Gasteiger partial charge on any atom is 0.143 e. The van der Waals surface area contributed by atoms with Crippen LogP contribution in [0.3, 0.4) is 0 Å². The van der Waals surface area contributed by atoms with Crippen molar-refractivity contribution in [3.05, 3.63) is 48.0 Å². The largest absolute Gasteiger partial charge is 0.321 e. The zero-order valence-electron chi connectivity index (χ0n) is 11.1. The van der Waals surface area contributed by atoms with Crippen molar-refractivity contribution in [2.75, 3.05) is 0 Å². The second-order valence-electron chi connectivity index (χ2n) is 5.24. The molecule has 1 aliphatic carbocycles. The number of hydrogen-bond acceptors (Lipinski definition) is 3. The van der Waals surface area contributed by atoms with Crippen molar-refractivity contribution in [2.45, 2.75) is 18.9 Å². The molecular weight excluding hydrogens is 267 g/mol. The maximum atomic E-state index is 13.4. The average molecular weight is 278 g/mol. The van der Waals surface area contributed by atoms with Gasteiger partial charge in [0.05, 0.1) is 28.9 Å². The third-order valence-electron chi connectivity index (χ3n) is 3.69. The first kappa shape index (κ1) is 12.0. The monoisotopic (exact) mass is 278 g/mol. The molecule has 0 unspecified atom stereocenters. The van der Waals surface area contributed by atoms with E-state index in [0.29, 0.717) is 17.2 Å². The van der Waals surface area contributed by atoms with Gasteiger partial charge in [-0.05, 0) is 37.1 Å². The van der Waals surface area contributed by atoms with Crippen molar-refractivity contribution in [3.8, 4) is 17.5 Å². The highest BCUT2D eigenvalue weighted by Gasteiger charge is 2.28. The van der Waals surface area contributed by atoms with Crippen molar-refractivity contribution in [1.82, 2.24) is 14.5 Å². The lowest BCUT2D eigenvalue weighted by atomic mass is 10.2. The Morgan fingerprint density at radius 1 is 1.24 bits per heavy atom. The molecule has 21 heavy (non-hydrogen) atoms. The normalized spacial score (nSPS) is 14.3. The van der Waals surface area contributed by atoms with E-state index in [9.17, 15) is 4.39 Å². The zero-order valence-corrected chi connectivity index (χ0v) is 11.1. The summed E-state index contributed by atoms with van der Waals surface area (Å²) in [4.78, 5) is 8.50. The number of aromatic nitrogens is 3. The standard InChI is InChI=1S/C16H11FN4/c17-12-6-11(8-19-9-12)16-20-14-5-10(7-18)1-4-15(14)21(16)13-2-3-13/h1,4-6,8-9,13H,2-3H2. The van der Waals surface area contributed by atoms with Crippen LogP contribution in [0.1, 0.15) is 24.4 Å². The summed E-state index contributed by atoms with van der Waals surface area (Å²) in [6, 6.07) is 9.44. The topological polar surface area (TPSA) is 54.5 Å². The van der Waals surface area contributed by atoms with Gasteiger partial charge in [0.1, 0.15) is 11.6 Å². The van der Waals surface area contributed by atoms with Crippen LogP contribution in [0, 0.1) is 17.1 Å². The molecule has 1 fully saturated rings. The van der Waals surface area contributed by atoms with Crippen molar-refractivity contribution in [2.24, 2.45) is 0 Å². The number of rotatable bonds is 2. The van der Waals surface area contributed by atoms with Crippen LogP contribution in [0.2, 0.25) is 0 Å². The Morgan fingerprint density at radius 2 is 2.10 bits per heavy atom. The van der Waals surface area contributed by atoms with Gasteiger partial charge in [-0.1, -0.05) is 0 Å². The minimum absolute atomic E-state index is 0.375. The second-order valence-corrected chi connectivity index (χ2v) is 5.24. The maximum absolute atomic E-state index is 13.4. The predicted octanol–water partition coefficient (Wildman–Crippen LogP) is 3.44. The molecule has 2 heterocycles. The average Bonchev–Trinajstić information content (AvgIpc) is 3.26. The van der Waals surface area contributed by atoms with Crippen LogP contribution in [0.4, 0.5) is 4.39 Å². The van der Waals surface area contributed by atoms with Gasteiger partial charge >= 0.3 is 0 Å². The minimum Gasteiger partial charge on any atom is -0.321 e. The zero-order chi connectivity index (χ0) is 14.4. The number of halogens is 1. The summed E-state index contributed by atoms with van der Waals surface area (Å²) in [5, 5.41) is 9.00. The molecular formula is C16H11FN4. The highest BCUT2D eigenvalue weighted by Crippen LogP contribution is 2.41. The lowest BCUT2D eigenvalue weighted by molar-refractivity contribution is 0.621. The van der Waals surface area contributed by atoms with Crippen LogP contribution < -0.4 is 0 Å². The van der Waals surface area contributed by atoms with Crippen LogP contribution in [-0.4, -0.2) is 14.5 Å². The molecule has 1 saturated carbocycles. The predicted molar refractivity (Wildman–Crippen MR) is 75.9 cm³/mol. The molecule has 2 aromatic heterocycles. The van der Waals surface area contributed by atoms with Crippen LogP contribution in [-0.2, 0) is 0 Å². The Bertz CT molecular complexity index is 887. The lowest BCUT2D eigenvalue weighted by Gasteiger charge is -2.07. The number of nitriles is 1. The smallest absolute Gasteiger partial charge is 0.143 e. The van der Waals surface area contributed by atoms with E-state index in [1.165, 1.54) is 12.3 Å². The third kappa shape index (κ3) is 1.96. The van der Waals surface area contributed by atoms with Gasteiger partial charge in [0, 0.05) is 17.8 Å². The van der Waals surface area contributed by atoms with E-state index in [4.69, 9.17) is 5.26 Å². The number of imidazole rings is 1. The van der Waals surface area contributed by atoms with E-state index < -0.39 is 0 Å². The number of nitrogens with zero attached hydrogens (tertiary/aromatic N) is 4. The van der Waals surface area contributed by atoms with Gasteiger partial charge in [-0.25, -0.2) is 9.37 Å². The Balaban J connectivity index is 1.99. The summed E-state index contributed by atoms with van der Waals surface area (Å²) in [5.74, 6) is 0.342. The van der Waals surface area contributed by atoms with Gasteiger partial charge < -0.3 is 4.57 Å². The van der Waals surface area contributed by atoms with Gasteiger partial charge in [0.15, 0.2) is 0 Å². The fourth-order valence-electron chi connectivity index (χ4n) is 2.61. The minimum atomic E-state index is -0.375. The van der Waals surface area contributed by atoms with Gasteiger partial charge in [-0.15, -0.1) is 0 Å². The first-order valence-corrected chi connectivity index (χ1v) is 6.79. The summed E-state index contributed by atoms with van der Waals surface area (Å²) in [7, 11) is 0. The van der Waals surface area contributed by atoms with Crippen LogP contribution in [0.5, 0.6) is 0 Å². The van der Waals surface area contributed by atoms with E-state index in [1.54, 1.807) is 18.3 Å². The molecule has 0 aliphatic heterocycles. The highest BCUT2D eigenvalue weighted by atomic mass is 19.1. The Morgan fingerprint density at radius 3 is 2.81 bits per heavy atom. The summed E-state index contributed by atoms with van der Waals surface area (Å²) in [6.45, 7) is 0. The number of fused-ring (bicyclic) bond motifs is 1. The molecule has 0 bridgehead atoms. The number of pyridine rings is 1. The second kappa shape index (κ2) is 4.38. The summed E-state index contributed by atoms with van der Waals surface area (Å²) >= 11 is 0. The van der Waals surface area contributed by atoms with E-state index in [0.717, 1.165) is 29.7 Å². The summed E-state index contributed by atoms with van der Waals surface area (Å²) < 4.78 is 15.6. The van der Waals surface area contributed by atoms with Crippen molar-refractivity contribution in [1.29, 1.82) is 5.26 Å². The molecule has 0 atom stereocenters. The molecule has 0 N–H and O–H groups in total.